The number of carbonyl (C=O) groups excluding carboxylic acids is 1. The number of guanidine groups is 1. The molecule has 1 aliphatic carbocycles. The van der Waals surface area contributed by atoms with Crippen LogP contribution in [0.2, 0.25) is 0 Å². The van der Waals surface area contributed by atoms with Crippen LogP contribution in [-0.2, 0) is 9.53 Å². The Kier molecular flexibility index (Phi) is 9.19. The first-order chi connectivity index (χ1) is 10.6. The molecule has 2 rings (SSSR count). The van der Waals surface area contributed by atoms with Crippen molar-refractivity contribution < 1.29 is 9.53 Å². The lowest BCUT2D eigenvalue weighted by Gasteiger charge is -2.25. The van der Waals surface area contributed by atoms with Crippen molar-refractivity contribution in [3.8, 4) is 0 Å². The highest BCUT2D eigenvalue weighted by Crippen LogP contribution is 2.26. The van der Waals surface area contributed by atoms with Crippen LogP contribution in [0.5, 0.6) is 0 Å². The summed E-state index contributed by atoms with van der Waals surface area (Å²) in [6, 6.07) is 0. The minimum Gasteiger partial charge on any atom is -0.373 e. The maximum absolute atomic E-state index is 11.7. The number of amides is 1. The second-order valence-corrected chi connectivity index (χ2v) is 6.53. The Balaban J connectivity index is 0.00000264. The minimum atomic E-state index is -0.0750. The Bertz CT molecular complexity index is 394. The highest BCUT2D eigenvalue weighted by Gasteiger charge is 2.29. The monoisotopic (exact) mass is 438 g/mol. The minimum absolute atomic E-state index is 0. The van der Waals surface area contributed by atoms with Crippen molar-refractivity contribution in [2.24, 2.45) is 10.9 Å². The number of ether oxygens (including phenoxy) is 1. The van der Waals surface area contributed by atoms with Gasteiger partial charge in [-0.3, -0.25) is 9.79 Å². The van der Waals surface area contributed by atoms with Crippen molar-refractivity contribution in [1.29, 1.82) is 0 Å². The lowest BCUT2D eigenvalue weighted by Crippen LogP contribution is -2.46. The smallest absolute Gasteiger partial charge is 0.223 e. The van der Waals surface area contributed by atoms with Crippen molar-refractivity contribution in [1.82, 2.24) is 16.0 Å². The van der Waals surface area contributed by atoms with Gasteiger partial charge >= 0.3 is 0 Å². The maximum Gasteiger partial charge on any atom is 0.223 e. The van der Waals surface area contributed by atoms with Gasteiger partial charge in [0.2, 0.25) is 5.91 Å². The maximum atomic E-state index is 11.7. The standard InChI is InChI=1S/C16H30N4O2.HI/c1-16(8-4-11-22-16)12-20-15(17-2)19-10-5-9-18-14(21)13-6-3-7-13;/h13H,3-12H2,1-2H3,(H,18,21)(H2,17,19,20);1H. The fraction of sp³-hybridized carbons (Fsp3) is 0.875. The van der Waals surface area contributed by atoms with E-state index in [1.807, 2.05) is 0 Å². The lowest BCUT2D eigenvalue weighted by atomic mass is 9.85. The van der Waals surface area contributed by atoms with Crippen molar-refractivity contribution in [2.75, 3.05) is 33.3 Å². The van der Waals surface area contributed by atoms with E-state index in [-0.39, 0.29) is 41.4 Å². The second kappa shape index (κ2) is 10.3. The van der Waals surface area contributed by atoms with E-state index in [9.17, 15) is 4.79 Å². The van der Waals surface area contributed by atoms with Crippen LogP contribution < -0.4 is 16.0 Å². The average Bonchev–Trinajstić information content (AvgIpc) is 2.87. The van der Waals surface area contributed by atoms with Crippen LogP contribution in [0.25, 0.3) is 0 Å². The van der Waals surface area contributed by atoms with Gasteiger partial charge in [-0.15, -0.1) is 24.0 Å². The summed E-state index contributed by atoms with van der Waals surface area (Å²) in [6.45, 7) is 5.27. The summed E-state index contributed by atoms with van der Waals surface area (Å²) in [6.07, 6.45) is 6.43. The summed E-state index contributed by atoms with van der Waals surface area (Å²) < 4.78 is 5.75. The molecule has 1 saturated heterocycles. The van der Waals surface area contributed by atoms with Gasteiger partial charge in [0.15, 0.2) is 5.96 Å². The third-order valence-corrected chi connectivity index (χ3v) is 4.58. The molecule has 134 valence electrons. The first-order valence-corrected chi connectivity index (χ1v) is 8.49. The largest absolute Gasteiger partial charge is 0.373 e. The van der Waals surface area contributed by atoms with Crippen LogP contribution in [0.4, 0.5) is 0 Å². The Labute approximate surface area is 156 Å². The summed E-state index contributed by atoms with van der Waals surface area (Å²) in [7, 11) is 1.77. The van der Waals surface area contributed by atoms with Crippen LogP contribution in [0.1, 0.15) is 45.4 Å². The number of hydrogen-bond acceptors (Lipinski definition) is 3. The number of halogens is 1. The zero-order valence-electron chi connectivity index (χ0n) is 14.3. The molecule has 2 fully saturated rings. The van der Waals surface area contributed by atoms with Gasteiger partial charge < -0.3 is 20.7 Å². The number of hydrogen-bond donors (Lipinski definition) is 3. The van der Waals surface area contributed by atoms with E-state index in [1.165, 1.54) is 6.42 Å². The zero-order valence-corrected chi connectivity index (χ0v) is 16.7. The molecule has 0 aromatic rings. The van der Waals surface area contributed by atoms with Crippen molar-refractivity contribution in [3.63, 3.8) is 0 Å². The first kappa shape index (κ1) is 20.5. The summed E-state index contributed by atoms with van der Waals surface area (Å²) in [5, 5.41) is 9.59. The summed E-state index contributed by atoms with van der Waals surface area (Å²) in [5.74, 6) is 1.29. The van der Waals surface area contributed by atoms with E-state index in [0.717, 1.165) is 64.3 Å². The van der Waals surface area contributed by atoms with E-state index in [1.54, 1.807) is 7.05 Å². The Hall–Kier alpha value is -0.570. The Morgan fingerprint density at radius 1 is 1.22 bits per heavy atom. The molecule has 1 heterocycles. The third-order valence-electron chi connectivity index (χ3n) is 4.58. The van der Waals surface area contributed by atoms with Gasteiger partial charge in [0.25, 0.3) is 0 Å². The van der Waals surface area contributed by atoms with Crippen molar-refractivity contribution >= 4 is 35.8 Å². The van der Waals surface area contributed by atoms with Gasteiger partial charge in [0.1, 0.15) is 0 Å². The molecular weight excluding hydrogens is 407 g/mol. The van der Waals surface area contributed by atoms with Gasteiger partial charge in [-0.05, 0) is 39.0 Å². The predicted molar refractivity (Wildman–Crippen MR) is 103 cm³/mol. The summed E-state index contributed by atoms with van der Waals surface area (Å²) in [4.78, 5) is 15.9. The topological polar surface area (TPSA) is 74.8 Å². The number of aliphatic imine (C=N–C) groups is 1. The normalized spacial score (nSPS) is 24.5. The fourth-order valence-electron chi connectivity index (χ4n) is 2.79. The predicted octanol–water partition coefficient (Wildman–Crippen LogP) is 1.64. The molecule has 23 heavy (non-hydrogen) atoms. The van der Waals surface area contributed by atoms with Crippen LogP contribution in [-0.4, -0.2) is 50.8 Å². The number of rotatable bonds is 7. The number of nitrogens with one attached hydrogen (secondary N) is 3. The summed E-state index contributed by atoms with van der Waals surface area (Å²) in [5.41, 5.74) is -0.0750. The Morgan fingerprint density at radius 3 is 2.52 bits per heavy atom. The van der Waals surface area contributed by atoms with Crippen LogP contribution in [0.3, 0.4) is 0 Å². The van der Waals surface area contributed by atoms with Crippen molar-refractivity contribution in [2.45, 2.75) is 51.0 Å². The molecule has 1 amide bonds. The lowest BCUT2D eigenvalue weighted by molar-refractivity contribution is -0.127. The fourth-order valence-corrected chi connectivity index (χ4v) is 2.79. The van der Waals surface area contributed by atoms with Crippen LogP contribution in [0, 0.1) is 5.92 Å². The molecule has 7 heteroatoms. The van der Waals surface area contributed by atoms with Crippen LogP contribution in [0.15, 0.2) is 4.99 Å². The number of carbonyl (C=O) groups is 1. The molecule has 0 aromatic carbocycles. The molecule has 1 atom stereocenters. The van der Waals surface area contributed by atoms with E-state index in [0.29, 0.717) is 0 Å². The SMILES string of the molecule is CN=C(NCCCNC(=O)C1CCC1)NCC1(C)CCCO1.I. The quantitative estimate of drug-likeness (QED) is 0.245. The highest BCUT2D eigenvalue weighted by atomic mass is 127. The molecule has 3 N–H and O–H groups in total. The van der Waals surface area contributed by atoms with Gasteiger partial charge in [0.05, 0.1) is 5.60 Å². The highest BCUT2D eigenvalue weighted by molar-refractivity contribution is 14.0. The molecule has 0 spiro atoms. The van der Waals surface area contributed by atoms with Gasteiger partial charge in [-0.25, -0.2) is 0 Å². The van der Waals surface area contributed by atoms with E-state index >= 15 is 0 Å². The zero-order chi connectivity index (χ0) is 15.8. The number of nitrogens with zero attached hydrogens (tertiary/aromatic N) is 1. The average molecular weight is 438 g/mol. The molecule has 0 aromatic heterocycles. The molecule has 0 bridgehead atoms. The third kappa shape index (κ3) is 6.82. The van der Waals surface area contributed by atoms with Crippen LogP contribution >= 0.6 is 24.0 Å². The molecule has 6 nitrogen and oxygen atoms in total. The molecule has 1 unspecified atom stereocenters. The van der Waals surface area contributed by atoms with E-state index < -0.39 is 0 Å². The van der Waals surface area contributed by atoms with Gasteiger partial charge in [-0.1, -0.05) is 6.42 Å². The Morgan fingerprint density at radius 2 is 1.96 bits per heavy atom. The molecule has 1 saturated carbocycles. The molecule has 1 aliphatic heterocycles. The van der Waals surface area contributed by atoms with Gasteiger partial charge in [0, 0.05) is 39.2 Å². The summed E-state index contributed by atoms with van der Waals surface area (Å²) >= 11 is 0. The second-order valence-electron chi connectivity index (χ2n) is 6.53. The first-order valence-electron chi connectivity index (χ1n) is 8.49. The van der Waals surface area contributed by atoms with Gasteiger partial charge in [-0.2, -0.15) is 0 Å². The molecule has 0 radical (unpaired) electrons. The van der Waals surface area contributed by atoms with E-state index in [4.69, 9.17) is 4.74 Å². The molecule has 2 aliphatic rings. The van der Waals surface area contributed by atoms with Crippen molar-refractivity contribution in [3.05, 3.63) is 0 Å². The van der Waals surface area contributed by atoms with E-state index in [2.05, 4.69) is 27.9 Å². The molecular formula is C16H31IN4O2.